The Morgan fingerprint density at radius 3 is 2.17 bits per heavy atom. The number of hydrogen-bond donors (Lipinski definition) is 0. The number of benzene rings is 2. The highest BCUT2D eigenvalue weighted by atomic mass is 16.5. The Bertz CT molecular complexity index is 1370. The summed E-state index contributed by atoms with van der Waals surface area (Å²) in [7, 11) is 4.39. The van der Waals surface area contributed by atoms with Gasteiger partial charge in [0.25, 0.3) is 5.91 Å². The molecule has 0 saturated carbocycles. The Hall–Kier alpha value is -4.26. The molecule has 0 spiro atoms. The molecule has 0 saturated heterocycles. The van der Waals surface area contributed by atoms with Gasteiger partial charge in [0.1, 0.15) is 0 Å². The highest BCUT2D eigenvalue weighted by Crippen LogP contribution is 2.39. The summed E-state index contributed by atoms with van der Waals surface area (Å²) in [5, 5.41) is 0. The number of aromatic nitrogens is 1. The number of nitrogens with zero attached hydrogens (tertiary/aromatic N) is 2. The second kappa shape index (κ2) is 9.54. The highest BCUT2D eigenvalue weighted by Gasteiger charge is 2.38. The minimum Gasteiger partial charge on any atom is -0.493 e. The van der Waals surface area contributed by atoms with Crippen LogP contribution in [-0.2, 0) is 14.3 Å². The number of esters is 1. The SMILES string of the molecule is COC(=O)C1=C(C)N(c2ccc(OC)c(OC)c2)C(=O)C1=Cc1cc(C)n(-c2ccccc2)c1C. The molecule has 0 aliphatic carbocycles. The molecule has 0 atom stereocenters. The van der Waals surface area contributed by atoms with Gasteiger partial charge < -0.3 is 18.8 Å². The predicted octanol–water partition coefficient (Wildman–Crippen LogP) is 4.99. The van der Waals surface area contributed by atoms with E-state index in [1.165, 1.54) is 19.1 Å². The van der Waals surface area contributed by atoms with Gasteiger partial charge in [0.15, 0.2) is 11.5 Å². The number of allylic oxidation sites excluding steroid dienone is 1. The molecule has 0 N–H and O–H groups in total. The molecule has 4 rings (SSSR count). The van der Waals surface area contributed by atoms with Crippen molar-refractivity contribution in [2.24, 2.45) is 0 Å². The Balaban J connectivity index is 1.84. The predicted molar refractivity (Wildman–Crippen MR) is 135 cm³/mol. The molecular formula is C28H28N2O5. The first-order chi connectivity index (χ1) is 16.8. The molecule has 0 unspecified atom stereocenters. The summed E-state index contributed by atoms with van der Waals surface area (Å²) >= 11 is 0. The standard InChI is InChI=1S/C28H28N2O5/c1-17-14-20(18(2)29(17)21-10-8-7-9-11-21)15-23-26(28(32)35-6)19(3)30(27(23)31)22-12-13-24(33-4)25(16-22)34-5/h7-16H,1-6H3. The van der Waals surface area contributed by atoms with Crippen molar-refractivity contribution in [1.29, 1.82) is 0 Å². The van der Waals surface area contributed by atoms with Gasteiger partial charge in [-0.15, -0.1) is 0 Å². The molecule has 0 radical (unpaired) electrons. The van der Waals surface area contributed by atoms with Crippen LogP contribution < -0.4 is 14.4 Å². The summed E-state index contributed by atoms with van der Waals surface area (Å²) in [5.41, 5.74) is 5.40. The largest absolute Gasteiger partial charge is 0.493 e. The van der Waals surface area contributed by atoms with Crippen molar-refractivity contribution in [2.45, 2.75) is 20.8 Å². The minimum atomic E-state index is -0.568. The first-order valence-corrected chi connectivity index (χ1v) is 11.1. The van der Waals surface area contributed by atoms with E-state index in [1.54, 1.807) is 38.3 Å². The van der Waals surface area contributed by atoms with Crippen molar-refractivity contribution >= 4 is 23.6 Å². The lowest BCUT2D eigenvalue weighted by molar-refractivity contribution is -0.136. The molecule has 1 aliphatic rings. The van der Waals surface area contributed by atoms with E-state index in [0.29, 0.717) is 22.9 Å². The number of para-hydroxylation sites is 1. The van der Waals surface area contributed by atoms with Gasteiger partial charge in [-0.2, -0.15) is 0 Å². The van der Waals surface area contributed by atoms with Crippen LogP contribution in [0.5, 0.6) is 11.5 Å². The van der Waals surface area contributed by atoms with Crippen LogP contribution in [0.25, 0.3) is 11.8 Å². The van der Waals surface area contributed by atoms with Crippen LogP contribution in [0.3, 0.4) is 0 Å². The molecule has 2 aromatic carbocycles. The summed E-state index contributed by atoms with van der Waals surface area (Å²) in [6.45, 7) is 5.73. The van der Waals surface area contributed by atoms with Gasteiger partial charge in [-0.1, -0.05) is 18.2 Å². The van der Waals surface area contributed by atoms with Crippen LogP contribution >= 0.6 is 0 Å². The Labute approximate surface area is 204 Å². The molecule has 7 nitrogen and oxygen atoms in total. The molecule has 0 bridgehead atoms. The van der Waals surface area contributed by atoms with E-state index in [9.17, 15) is 9.59 Å². The van der Waals surface area contributed by atoms with Gasteiger partial charge in [0, 0.05) is 28.8 Å². The maximum absolute atomic E-state index is 13.7. The van der Waals surface area contributed by atoms with Crippen molar-refractivity contribution in [2.75, 3.05) is 26.2 Å². The zero-order valence-corrected chi connectivity index (χ0v) is 20.7. The van der Waals surface area contributed by atoms with Crippen molar-refractivity contribution in [3.8, 4) is 17.2 Å². The van der Waals surface area contributed by atoms with Crippen LogP contribution in [0.2, 0.25) is 0 Å². The fraction of sp³-hybridized carbons (Fsp3) is 0.214. The lowest BCUT2D eigenvalue weighted by Crippen LogP contribution is -2.24. The first kappa shape index (κ1) is 23.9. The smallest absolute Gasteiger partial charge is 0.340 e. The van der Waals surface area contributed by atoms with Crippen LogP contribution in [0.1, 0.15) is 23.9 Å². The second-order valence-corrected chi connectivity index (χ2v) is 8.19. The number of methoxy groups -OCH3 is 3. The molecule has 7 heteroatoms. The topological polar surface area (TPSA) is 70.0 Å². The number of hydrogen-bond acceptors (Lipinski definition) is 5. The number of aryl methyl sites for hydroxylation is 1. The summed E-state index contributed by atoms with van der Waals surface area (Å²) < 4.78 is 17.9. The third kappa shape index (κ3) is 4.10. The third-order valence-corrected chi connectivity index (χ3v) is 6.20. The van der Waals surface area contributed by atoms with E-state index in [4.69, 9.17) is 14.2 Å². The molecular weight excluding hydrogens is 444 g/mol. The lowest BCUT2D eigenvalue weighted by Gasteiger charge is -2.19. The quantitative estimate of drug-likeness (QED) is 0.374. The molecule has 0 fully saturated rings. The molecule has 2 heterocycles. The Kier molecular flexibility index (Phi) is 6.51. The van der Waals surface area contributed by atoms with Gasteiger partial charge in [-0.25, -0.2) is 4.79 Å². The summed E-state index contributed by atoms with van der Waals surface area (Å²) in [6, 6.07) is 17.2. The van der Waals surface area contributed by atoms with E-state index in [0.717, 1.165) is 22.6 Å². The first-order valence-electron chi connectivity index (χ1n) is 11.1. The molecule has 1 aliphatic heterocycles. The van der Waals surface area contributed by atoms with Crippen LogP contribution in [0, 0.1) is 13.8 Å². The maximum atomic E-state index is 13.7. The monoisotopic (exact) mass is 472 g/mol. The second-order valence-electron chi connectivity index (χ2n) is 8.19. The minimum absolute atomic E-state index is 0.233. The third-order valence-electron chi connectivity index (χ3n) is 6.20. The van der Waals surface area contributed by atoms with Crippen molar-refractivity contribution in [1.82, 2.24) is 4.57 Å². The fourth-order valence-electron chi connectivity index (χ4n) is 4.52. The Morgan fingerprint density at radius 1 is 0.857 bits per heavy atom. The molecule has 35 heavy (non-hydrogen) atoms. The van der Waals surface area contributed by atoms with E-state index in [-0.39, 0.29) is 17.1 Å². The van der Waals surface area contributed by atoms with Gasteiger partial charge in [-0.3, -0.25) is 9.69 Å². The molecule has 1 aromatic heterocycles. The van der Waals surface area contributed by atoms with Gasteiger partial charge >= 0.3 is 5.97 Å². The highest BCUT2D eigenvalue weighted by molar-refractivity contribution is 6.24. The van der Waals surface area contributed by atoms with Crippen molar-refractivity contribution in [3.05, 3.63) is 88.4 Å². The number of anilines is 1. The average molecular weight is 473 g/mol. The summed E-state index contributed by atoms with van der Waals surface area (Å²) in [4.78, 5) is 28.0. The van der Waals surface area contributed by atoms with Crippen LogP contribution in [-0.4, -0.2) is 37.8 Å². The Morgan fingerprint density at radius 2 is 1.54 bits per heavy atom. The van der Waals surface area contributed by atoms with Gasteiger partial charge in [0.2, 0.25) is 0 Å². The van der Waals surface area contributed by atoms with Crippen molar-refractivity contribution in [3.63, 3.8) is 0 Å². The van der Waals surface area contributed by atoms with Crippen LogP contribution in [0.4, 0.5) is 5.69 Å². The molecule has 1 amide bonds. The van der Waals surface area contributed by atoms with Gasteiger partial charge in [-0.05, 0) is 62.7 Å². The average Bonchev–Trinajstić information content (AvgIpc) is 3.29. The van der Waals surface area contributed by atoms with E-state index < -0.39 is 5.97 Å². The number of amides is 1. The van der Waals surface area contributed by atoms with Gasteiger partial charge in [0.05, 0.1) is 38.2 Å². The molecule has 3 aromatic rings. The fourth-order valence-corrected chi connectivity index (χ4v) is 4.52. The number of carbonyl (C=O) groups is 2. The summed E-state index contributed by atoms with van der Waals surface area (Å²) in [6.07, 6.45) is 1.76. The van der Waals surface area contributed by atoms with Crippen LogP contribution in [0.15, 0.2) is 71.4 Å². The number of ether oxygens (including phenoxy) is 3. The number of rotatable bonds is 6. The summed E-state index contributed by atoms with van der Waals surface area (Å²) in [5.74, 6) is 0.137. The zero-order chi connectivity index (χ0) is 25.3. The van der Waals surface area contributed by atoms with E-state index in [1.807, 2.05) is 50.2 Å². The lowest BCUT2D eigenvalue weighted by atomic mass is 10.0. The molecule has 180 valence electrons. The normalized spacial score (nSPS) is 14.6. The maximum Gasteiger partial charge on any atom is 0.340 e. The van der Waals surface area contributed by atoms with E-state index in [2.05, 4.69) is 4.57 Å². The van der Waals surface area contributed by atoms with Crippen molar-refractivity contribution < 1.29 is 23.8 Å². The zero-order valence-electron chi connectivity index (χ0n) is 20.7. The number of carbonyl (C=O) groups excluding carboxylic acids is 2. The van der Waals surface area contributed by atoms with E-state index >= 15 is 0 Å².